The topological polar surface area (TPSA) is 123 Å². The number of carbonyl (C=O) groups excluding carboxylic acids is 2. The molecule has 0 bridgehead atoms. The van der Waals surface area contributed by atoms with Crippen molar-refractivity contribution < 1.29 is 14.3 Å². The number of rotatable bonds is 7. The molecule has 0 atom stereocenters. The Balaban J connectivity index is 1.10. The molecular formula is C38H49N9O3. The number of aryl methyl sites for hydroxylation is 1. The second-order valence-electron chi connectivity index (χ2n) is 15.3. The van der Waals surface area contributed by atoms with Gasteiger partial charge in [0.25, 0.3) is 0 Å². The van der Waals surface area contributed by atoms with Crippen molar-refractivity contribution in [1.82, 2.24) is 39.3 Å². The number of ether oxygens (including phenoxy) is 1. The van der Waals surface area contributed by atoms with Gasteiger partial charge < -0.3 is 19.9 Å². The second-order valence-corrected chi connectivity index (χ2v) is 15.3. The maximum Gasteiger partial charge on any atom is 0.410 e. The number of amides is 2. The van der Waals surface area contributed by atoms with Gasteiger partial charge in [0.2, 0.25) is 5.91 Å². The van der Waals surface area contributed by atoms with Crippen LogP contribution in [0, 0.1) is 5.92 Å². The van der Waals surface area contributed by atoms with Crippen LogP contribution in [-0.2, 0) is 16.6 Å². The Bertz CT molecular complexity index is 1840. The van der Waals surface area contributed by atoms with Crippen LogP contribution in [0.15, 0.2) is 55.2 Å². The van der Waals surface area contributed by atoms with E-state index in [0.29, 0.717) is 37.3 Å². The molecule has 264 valence electrons. The number of hydrogen-bond donors (Lipinski definition) is 1. The van der Waals surface area contributed by atoms with Crippen LogP contribution in [0.4, 0.5) is 10.6 Å². The summed E-state index contributed by atoms with van der Waals surface area (Å²) < 4.78 is 9.50. The van der Waals surface area contributed by atoms with Gasteiger partial charge in [0, 0.05) is 86.5 Å². The summed E-state index contributed by atoms with van der Waals surface area (Å²) in [5.41, 5.74) is 4.40. The van der Waals surface area contributed by atoms with Gasteiger partial charge in [-0.25, -0.2) is 14.8 Å². The highest BCUT2D eigenvalue weighted by molar-refractivity contribution is 5.79. The quantitative estimate of drug-likeness (QED) is 0.233. The van der Waals surface area contributed by atoms with Crippen molar-refractivity contribution in [3.8, 4) is 33.6 Å². The van der Waals surface area contributed by atoms with Gasteiger partial charge in [0.05, 0.1) is 18.4 Å². The number of likely N-dealkylation sites (tertiary alicyclic amines) is 2. The first-order valence-electron chi connectivity index (χ1n) is 18.0. The van der Waals surface area contributed by atoms with E-state index in [2.05, 4.69) is 33.4 Å². The van der Waals surface area contributed by atoms with Crippen molar-refractivity contribution in [3.05, 3.63) is 55.2 Å². The van der Waals surface area contributed by atoms with Crippen molar-refractivity contribution in [1.29, 1.82) is 0 Å². The van der Waals surface area contributed by atoms with Crippen LogP contribution in [0.2, 0.25) is 0 Å². The minimum absolute atomic E-state index is 0.0156. The number of nitrogens with zero attached hydrogens (tertiary/aromatic N) is 8. The molecule has 2 aliphatic heterocycles. The number of piperidine rings is 1. The van der Waals surface area contributed by atoms with E-state index >= 15 is 0 Å². The van der Waals surface area contributed by atoms with Crippen LogP contribution in [0.25, 0.3) is 33.6 Å². The molecule has 1 aliphatic carbocycles. The molecule has 0 unspecified atom stereocenters. The normalized spacial score (nSPS) is 21.6. The molecule has 1 spiro atoms. The minimum atomic E-state index is -0.506. The van der Waals surface area contributed by atoms with E-state index in [9.17, 15) is 9.59 Å². The lowest BCUT2D eigenvalue weighted by Crippen LogP contribution is -2.46. The predicted octanol–water partition coefficient (Wildman–Crippen LogP) is 6.57. The highest BCUT2D eigenvalue weighted by atomic mass is 16.6. The summed E-state index contributed by atoms with van der Waals surface area (Å²) in [6.07, 6.45) is 17.0. The maximum atomic E-state index is 12.6. The van der Waals surface area contributed by atoms with Gasteiger partial charge in [-0.3, -0.25) is 14.2 Å². The zero-order valence-electron chi connectivity index (χ0n) is 29.9. The molecule has 2 saturated heterocycles. The molecular weight excluding hydrogens is 630 g/mol. The molecule has 4 aromatic rings. The lowest BCUT2D eigenvalue weighted by Gasteiger charge is -2.42. The van der Waals surface area contributed by atoms with Crippen molar-refractivity contribution in [2.45, 2.75) is 89.3 Å². The van der Waals surface area contributed by atoms with Crippen LogP contribution in [-0.4, -0.2) is 89.2 Å². The molecule has 2 amide bonds. The Kier molecular flexibility index (Phi) is 9.13. The molecule has 1 aromatic carbocycles. The molecule has 1 saturated carbocycles. The number of anilines is 1. The van der Waals surface area contributed by atoms with Crippen molar-refractivity contribution >= 4 is 17.8 Å². The Morgan fingerprint density at radius 2 is 1.68 bits per heavy atom. The summed E-state index contributed by atoms with van der Waals surface area (Å²) >= 11 is 0. The fourth-order valence-corrected chi connectivity index (χ4v) is 7.77. The smallest absolute Gasteiger partial charge is 0.410 e. The van der Waals surface area contributed by atoms with E-state index in [1.165, 1.54) is 0 Å². The van der Waals surface area contributed by atoms with Crippen molar-refractivity contribution in [3.63, 3.8) is 0 Å². The third-order valence-corrected chi connectivity index (χ3v) is 10.8. The Hall–Kier alpha value is -4.74. The summed E-state index contributed by atoms with van der Waals surface area (Å²) in [7, 11) is 3.89. The summed E-state index contributed by atoms with van der Waals surface area (Å²) in [6, 6.07) is 8.53. The number of hydrogen-bond acceptors (Lipinski definition) is 8. The first kappa shape index (κ1) is 33.7. The number of carbonyl (C=O) groups is 2. The Morgan fingerprint density at radius 1 is 0.940 bits per heavy atom. The average molecular weight is 680 g/mol. The highest BCUT2D eigenvalue weighted by Gasteiger charge is 2.45. The van der Waals surface area contributed by atoms with E-state index in [-0.39, 0.29) is 17.5 Å². The van der Waals surface area contributed by atoms with Crippen LogP contribution >= 0.6 is 0 Å². The lowest BCUT2D eigenvalue weighted by molar-refractivity contribution is -0.130. The fourth-order valence-electron chi connectivity index (χ4n) is 7.77. The molecule has 3 aliphatic rings. The van der Waals surface area contributed by atoms with Gasteiger partial charge in [-0.05, 0) is 83.3 Å². The van der Waals surface area contributed by atoms with E-state index in [1.807, 2.05) is 81.6 Å². The molecule has 7 rings (SSSR count). The SMILES string of the molecule is Cn1cc(-c2cccc(-c3ncc(-c4cnn([C@H]5CC[C@]6(CCC(=O)N6C)CC5)c4)c(NCC4CCN(C(=O)OC(C)(C)C)CC4)n3)c2)cn1. The summed E-state index contributed by atoms with van der Waals surface area (Å²) in [5, 5.41) is 12.8. The van der Waals surface area contributed by atoms with Crippen LogP contribution in [0.3, 0.4) is 0 Å². The molecule has 12 heteroatoms. The van der Waals surface area contributed by atoms with Gasteiger partial charge in [-0.2, -0.15) is 10.2 Å². The van der Waals surface area contributed by atoms with E-state index in [1.54, 1.807) is 4.68 Å². The molecule has 50 heavy (non-hydrogen) atoms. The van der Waals surface area contributed by atoms with Crippen LogP contribution < -0.4 is 5.32 Å². The maximum absolute atomic E-state index is 12.6. The fraction of sp³-hybridized carbons (Fsp3) is 0.526. The molecule has 12 nitrogen and oxygen atoms in total. The standard InChI is InChI=1S/C38H49N9O3/c1-37(2,3)50-36(49)46-17-12-26(13-18-46)20-39-35-32(23-40-34(43-35)28-8-6-7-27(19-28)29-21-41-44(4)24-29)30-22-42-47(25-30)31-9-14-38(15-10-31)16-11-33(48)45(38)5/h6-8,19,21-26,31H,9-18,20H2,1-5H3,(H,39,40,43)/t31-,38+. The van der Waals surface area contributed by atoms with Crippen LogP contribution in [0.1, 0.15) is 78.2 Å². The van der Waals surface area contributed by atoms with Gasteiger partial charge in [-0.15, -0.1) is 0 Å². The predicted molar refractivity (Wildman–Crippen MR) is 192 cm³/mol. The third kappa shape index (κ3) is 7.11. The van der Waals surface area contributed by atoms with Crippen LogP contribution in [0.5, 0.6) is 0 Å². The summed E-state index contributed by atoms with van der Waals surface area (Å²) in [6.45, 7) is 7.77. The number of nitrogens with one attached hydrogen (secondary N) is 1. The summed E-state index contributed by atoms with van der Waals surface area (Å²) in [4.78, 5) is 38.7. The van der Waals surface area contributed by atoms with Gasteiger partial charge in [0.1, 0.15) is 11.4 Å². The number of benzene rings is 1. The third-order valence-electron chi connectivity index (χ3n) is 10.8. The molecule has 0 radical (unpaired) electrons. The van der Waals surface area contributed by atoms with E-state index < -0.39 is 5.60 Å². The van der Waals surface area contributed by atoms with Crippen molar-refractivity contribution in [2.24, 2.45) is 13.0 Å². The zero-order valence-corrected chi connectivity index (χ0v) is 29.9. The Morgan fingerprint density at radius 3 is 2.36 bits per heavy atom. The minimum Gasteiger partial charge on any atom is -0.444 e. The average Bonchev–Trinajstić information content (AvgIpc) is 3.84. The largest absolute Gasteiger partial charge is 0.444 e. The number of aromatic nitrogens is 6. The van der Waals surface area contributed by atoms with Gasteiger partial charge >= 0.3 is 6.09 Å². The molecule has 3 aromatic heterocycles. The van der Waals surface area contributed by atoms with Crippen molar-refractivity contribution in [2.75, 3.05) is 32.0 Å². The van der Waals surface area contributed by atoms with Gasteiger partial charge in [-0.1, -0.05) is 18.2 Å². The molecule has 1 N–H and O–H groups in total. The second kappa shape index (κ2) is 13.5. The van der Waals surface area contributed by atoms with E-state index in [4.69, 9.17) is 19.8 Å². The first-order chi connectivity index (χ1) is 24.0. The van der Waals surface area contributed by atoms with Gasteiger partial charge in [0.15, 0.2) is 5.82 Å². The lowest BCUT2D eigenvalue weighted by atomic mass is 9.78. The Labute approximate surface area is 294 Å². The summed E-state index contributed by atoms with van der Waals surface area (Å²) in [5.74, 6) is 2.06. The molecule has 5 heterocycles. The van der Waals surface area contributed by atoms with E-state index in [0.717, 1.165) is 85.1 Å². The zero-order chi connectivity index (χ0) is 35.0. The first-order valence-corrected chi connectivity index (χ1v) is 18.0. The highest BCUT2D eigenvalue weighted by Crippen LogP contribution is 2.44. The molecule has 3 fully saturated rings. The monoisotopic (exact) mass is 679 g/mol.